The molecule has 10 rings (SSSR count). The summed E-state index contributed by atoms with van der Waals surface area (Å²) in [6.07, 6.45) is -0.440. The van der Waals surface area contributed by atoms with E-state index in [-0.39, 0.29) is 238 Å². The molecule has 82 heavy (non-hydrogen) atoms. The summed E-state index contributed by atoms with van der Waals surface area (Å²) in [5.74, 6) is -2.14. The minimum atomic E-state index is -5.31. The number of anilines is 2. The van der Waals surface area contributed by atoms with Gasteiger partial charge in [0.15, 0.2) is 0 Å². The predicted molar refractivity (Wildman–Crippen MR) is 276 cm³/mol. The molecule has 0 aliphatic heterocycles. The van der Waals surface area contributed by atoms with Crippen LogP contribution in [0.25, 0.3) is 64.9 Å². The molecule has 30 heteroatoms. The summed E-state index contributed by atoms with van der Waals surface area (Å²) < 4.78 is 147. The second-order valence-electron chi connectivity index (χ2n) is 17.8. The molecule has 0 bridgehead atoms. The van der Waals surface area contributed by atoms with Gasteiger partial charge < -0.3 is 38.8 Å². The van der Waals surface area contributed by atoms with E-state index < -0.39 is 105 Å². The Morgan fingerprint density at radius 1 is 0.451 bits per heavy atom. The summed E-state index contributed by atoms with van der Waals surface area (Å²) in [6.45, 7) is 1.38. The molecule has 10 aromatic rings. The second kappa shape index (κ2) is 26.2. The molecule has 0 unspecified atom stereocenters. The summed E-state index contributed by atoms with van der Waals surface area (Å²) in [5, 5.41) is 4.14. The number of aryl methyl sites for hydroxylation is 1. The number of rotatable bonds is 12. The molecule has 390 valence electrons. The summed E-state index contributed by atoms with van der Waals surface area (Å²) >= 11 is 0. The summed E-state index contributed by atoms with van der Waals surface area (Å²) in [5.41, 5.74) is -0.656. The van der Waals surface area contributed by atoms with Gasteiger partial charge in [-0.05, 0) is 99.9 Å². The Morgan fingerprint density at radius 2 is 0.866 bits per heavy atom. The number of carbonyl (C=O) groups excluding carboxylic acids is 3. The third-order valence-corrected chi connectivity index (χ3v) is 16.3. The van der Waals surface area contributed by atoms with E-state index in [2.05, 4.69) is 26.7 Å². The number of nitrogens with one attached hydrogen (secondary N) is 4. The van der Waals surface area contributed by atoms with Crippen LogP contribution in [0.5, 0.6) is 0 Å². The maximum atomic E-state index is 14.1. The zero-order chi connectivity index (χ0) is 55.3. The van der Waals surface area contributed by atoms with E-state index in [0.29, 0.717) is 11.1 Å². The van der Waals surface area contributed by atoms with Crippen LogP contribution in [0.1, 0.15) is 37.4 Å². The van der Waals surface area contributed by atoms with Gasteiger partial charge in [0.25, 0.3) is 22.9 Å². The zero-order valence-electron chi connectivity index (χ0n) is 44.0. The van der Waals surface area contributed by atoms with Crippen LogP contribution in [0.3, 0.4) is 0 Å². The molecule has 0 saturated heterocycles. The Kier molecular flexibility index (Phi) is 22.1. The molecule has 0 spiro atoms. The Labute approximate surface area is 576 Å². The first kappa shape index (κ1) is 69.2. The second-order valence-corrected chi connectivity index (χ2v) is 23.2. The average Bonchev–Trinajstić information content (AvgIpc) is 3.55. The van der Waals surface area contributed by atoms with Crippen LogP contribution in [0.4, 0.5) is 11.4 Å². The van der Waals surface area contributed by atoms with Crippen LogP contribution < -0.4 is 170 Å². The monoisotopic (exact) mass is 1230 g/mol. The van der Waals surface area contributed by atoms with Gasteiger partial charge in [0, 0.05) is 77.9 Å². The van der Waals surface area contributed by atoms with Gasteiger partial charge in [-0.3, -0.25) is 32.4 Å². The number of ketones is 1. The third-order valence-electron chi connectivity index (χ3n) is 12.8. The first-order valence-corrected chi connectivity index (χ1v) is 28.0. The van der Waals surface area contributed by atoms with Gasteiger partial charge in [0.1, 0.15) is 36.1 Å². The molecule has 0 fully saturated rings. The maximum Gasteiger partial charge on any atom is 1.00 e. The molecule has 2 amide bonds. The molecule has 0 atom stereocenters. The fourth-order valence-electron chi connectivity index (χ4n) is 9.64. The van der Waals surface area contributed by atoms with E-state index in [1.165, 1.54) is 73.7 Å². The van der Waals surface area contributed by atoms with E-state index in [1.807, 2.05) is 0 Å². The molecule has 8 aromatic carbocycles. The van der Waals surface area contributed by atoms with Crippen molar-refractivity contribution in [3.8, 4) is 0 Å². The summed E-state index contributed by atoms with van der Waals surface area (Å²) in [7, 11) is -21.0. The van der Waals surface area contributed by atoms with Gasteiger partial charge in [-0.15, -0.1) is 5.39 Å². The van der Waals surface area contributed by atoms with Gasteiger partial charge in [-0.1, -0.05) is 53.9 Å². The topological polar surface area (TPSA) is 370 Å². The van der Waals surface area contributed by atoms with Crippen LogP contribution >= 0.6 is 0 Å². The number of benzene rings is 8. The minimum Gasteiger partial charge on any atom is -0.754 e. The van der Waals surface area contributed by atoms with Gasteiger partial charge in [-0.25, -0.2) is 25.3 Å². The van der Waals surface area contributed by atoms with Crippen molar-refractivity contribution in [3.05, 3.63) is 176 Å². The van der Waals surface area contributed by atoms with Crippen LogP contribution in [0, 0.1) is 13.0 Å². The van der Waals surface area contributed by atoms with E-state index in [1.54, 1.807) is 12.1 Å². The van der Waals surface area contributed by atoms with Crippen molar-refractivity contribution in [2.24, 2.45) is 0 Å². The number of amides is 2. The van der Waals surface area contributed by atoms with Crippen molar-refractivity contribution >= 4 is 134 Å². The average molecular weight is 1230 g/mol. The fraction of sp³-hybridized carbons (Fsp3) is 0.0577. The Balaban J connectivity index is 0.00000247. The van der Waals surface area contributed by atoms with Crippen LogP contribution in [0.2, 0.25) is 0 Å². The number of hydrogen-bond donors (Lipinski definition) is 4. The molecule has 2 heterocycles. The quantitative estimate of drug-likeness (QED) is 0.0382. The number of pyridine rings is 2. The SMILES string of the molecule is Cc1cc(S(=O)(=O)[O-])c2c(NC(=O)c3cccc4[nH]c(=O)c5cc(CC(=O)Cc6ccc7c(c6)c(=O)[nH]c6cccc(C(=O)Nc8ccc(S(=O)(=O)[O-])c9c[c-]cc(S(=O)(=O)[O-])c89)c67)ccc5c34)ccc(S(=O)(=O)[O-])c2c1.[Na+].[Na+].[Na+].[Na+].[Na+]. The molecular weight excluding hydrogens is 1200 g/mol. The molecule has 0 radical (unpaired) electrons. The third kappa shape index (κ3) is 13.7. The van der Waals surface area contributed by atoms with E-state index in [4.69, 9.17) is 0 Å². The molecule has 0 aliphatic carbocycles. The number of hydrogen-bond acceptors (Lipinski definition) is 17. The number of aromatic nitrogens is 2. The molecule has 4 N–H and O–H groups in total. The van der Waals surface area contributed by atoms with Gasteiger partial charge in [-0.2, -0.15) is 18.2 Å². The summed E-state index contributed by atoms with van der Waals surface area (Å²) in [4.78, 5) is 70.9. The van der Waals surface area contributed by atoms with E-state index in [0.717, 1.165) is 42.5 Å². The number of Topliss-reactive ketones (excluding diaryl/α,β-unsaturated/α-hetero) is 1. The fourth-order valence-corrected chi connectivity index (χ4v) is 12.5. The number of aromatic amines is 2. The summed E-state index contributed by atoms with van der Waals surface area (Å²) in [6, 6.07) is 27.7. The van der Waals surface area contributed by atoms with Crippen LogP contribution in [0.15, 0.2) is 150 Å². The largest absolute Gasteiger partial charge is 1.00 e. The van der Waals surface area contributed by atoms with Gasteiger partial charge in [0.2, 0.25) is 0 Å². The van der Waals surface area contributed by atoms with E-state index >= 15 is 0 Å². The van der Waals surface area contributed by atoms with Crippen molar-refractivity contribution in [2.45, 2.75) is 39.3 Å². The number of H-pyrrole nitrogens is 2. The van der Waals surface area contributed by atoms with Crippen molar-refractivity contribution in [1.82, 2.24) is 9.97 Å². The van der Waals surface area contributed by atoms with Crippen molar-refractivity contribution in [1.29, 1.82) is 0 Å². The Bertz CT molecular complexity index is 4970. The van der Waals surface area contributed by atoms with E-state index in [9.17, 15) is 75.9 Å². The van der Waals surface area contributed by atoms with Crippen molar-refractivity contribution in [2.75, 3.05) is 10.6 Å². The maximum absolute atomic E-state index is 14.1. The normalized spacial score (nSPS) is 11.7. The van der Waals surface area contributed by atoms with Crippen molar-refractivity contribution in [3.63, 3.8) is 0 Å². The standard InChI is InChI=1S/C52H35N4O17S4.5Na/c1-25-19-36-42(75(65,66)67)18-16-40(48(36)44(20-25)77(71,72)73)56-50(59)33-7-3-9-38-46(33)30-14-12-27(24-35(30)52(61)54-38)22-28(57)21-26-11-13-29-34(23-26)51(60)53-37-8-2-6-32(45(29)37)49(58)55-39-15-17-41(74(62,63)64)31-5-4-10-43(47(31)39)76(68,69)70;;;;;/h2-3,5-20,23-24H,21-22H2,1H3,(H,53,60)(H,54,61)(H,55,58)(H,56,59)(H,62,63,64)(H,65,66,67)(H,68,69,70)(H,71,72,73);;;;;/q-1;5*+1/p-4. The van der Waals surface area contributed by atoms with Crippen molar-refractivity contribution < 1.29 is 214 Å². The van der Waals surface area contributed by atoms with Gasteiger partial charge in [0.05, 0.1) is 25.6 Å². The Morgan fingerprint density at radius 3 is 1.29 bits per heavy atom. The Hall–Kier alpha value is -3.53. The smallest absolute Gasteiger partial charge is 0.754 e. The zero-order valence-corrected chi connectivity index (χ0v) is 57.3. The van der Waals surface area contributed by atoms with Crippen LogP contribution in [-0.4, -0.2) is 79.4 Å². The molecule has 21 nitrogen and oxygen atoms in total. The molecule has 2 aromatic heterocycles. The minimum absolute atomic E-state index is 0. The predicted octanol–water partition coefficient (Wildman–Crippen LogP) is -9.41. The molecule has 0 aliphatic rings. The van der Waals surface area contributed by atoms with Crippen LogP contribution in [-0.2, 0) is 58.1 Å². The first-order valence-electron chi connectivity index (χ1n) is 22.3. The van der Waals surface area contributed by atoms with Gasteiger partial charge >= 0.3 is 148 Å². The molecular formula is C52H31N4Na5O17S4. The number of fused-ring (bicyclic) bond motifs is 8. The first-order chi connectivity index (χ1) is 36.2. The molecule has 0 saturated carbocycles. The number of carbonyl (C=O) groups is 3.